The monoisotopic (exact) mass is 544 g/mol. The molecule has 0 saturated carbocycles. The van der Waals surface area contributed by atoms with Crippen LogP contribution in [-0.2, 0) is 16.6 Å². The van der Waals surface area contributed by atoms with Crippen LogP contribution >= 0.6 is 24.0 Å². The highest BCUT2D eigenvalue weighted by molar-refractivity contribution is 14.0. The number of benzene rings is 2. The normalized spacial score (nSPS) is 15.1. The molecule has 2 aromatic carbocycles. The maximum atomic E-state index is 12.6. The van der Waals surface area contributed by atoms with Gasteiger partial charge in [0.2, 0.25) is 10.0 Å². The van der Waals surface area contributed by atoms with E-state index in [-0.39, 0.29) is 36.0 Å². The highest BCUT2D eigenvalue weighted by Gasteiger charge is 2.26. The van der Waals surface area contributed by atoms with Crippen LogP contribution in [0.2, 0.25) is 0 Å². The van der Waals surface area contributed by atoms with Gasteiger partial charge in [-0.3, -0.25) is 0 Å². The van der Waals surface area contributed by atoms with Gasteiger partial charge < -0.3 is 15.8 Å². The van der Waals surface area contributed by atoms with Crippen LogP contribution in [0.25, 0.3) is 0 Å². The molecule has 0 amide bonds. The second-order valence-corrected chi connectivity index (χ2v) is 9.21. The van der Waals surface area contributed by atoms with Gasteiger partial charge >= 0.3 is 0 Å². The zero-order valence-corrected chi connectivity index (χ0v) is 20.4. The van der Waals surface area contributed by atoms with E-state index in [1.54, 1.807) is 28.6 Å². The average Bonchev–Trinajstić information content (AvgIpc) is 3.24. The first-order valence-corrected chi connectivity index (χ1v) is 11.2. The summed E-state index contributed by atoms with van der Waals surface area (Å²) >= 11 is 0. The molecule has 0 spiro atoms. The SMILES string of the molecule is CC(C)Oc1ccc(NC(N)=NCc2ccc(S(=O)(=O)N3CCCC3)cc2)cc1.I. The number of nitrogens with zero attached hydrogens (tertiary/aromatic N) is 2. The van der Waals surface area contributed by atoms with Crippen molar-refractivity contribution in [2.75, 3.05) is 18.4 Å². The molecule has 1 aliphatic heterocycles. The summed E-state index contributed by atoms with van der Waals surface area (Å²) in [5.74, 6) is 1.08. The van der Waals surface area contributed by atoms with E-state index in [9.17, 15) is 8.42 Å². The highest BCUT2D eigenvalue weighted by atomic mass is 127. The third-order valence-corrected chi connectivity index (χ3v) is 6.47. The van der Waals surface area contributed by atoms with Crippen LogP contribution in [-0.4, -0.2) is 37.9 Å². The maximum Gasteiger partial charge on any atom is 0.243 e. The van der Waals surface area contributed by atoms with Crippen LogP contribution in [0, 0.1) is 0 Å². The van der Waals surface area contributed by atoms with E-state index in [0.717, 1.165) is 29.8 Å². The predicted octanol–water partition coefficient (Wildman–Crippen LogP) is 3.80. The summed E-state index contributed by atoms with van der Waals surface area (Å²) in [7, 11) is -3.39. The van der Waals surface area contributed by atoms with Crippen LogP contribution in [0.4, 0.5) is 5.69 Å². The number of guanidine groups is 1. The minimum atomic E-state index is -3.39. The zero-order valence-electron chi connectivity index (χ0n) is 17.2. The van der Waals surface area contributed by atoms with E-state index in [0.29, 0.717) is 24.5 Å². The summed E-state index contributed by atoms with van der Waals surface area (Å²) in [6, 6.07) is 14.3. The first-order valence-electron chi connectivity index (χ1n) is 9.77. The lowest BCUT2D eigenvalue weighted by atomic mass is 10.2. The molecule has 0 aromatic heterocycles. The summed E-state index contributed by atoms with van der Waals surface area (Å²) in [6.07, 6.45) is 1.97. The lowest BCUT2D eigenvalue weighted by molar-refractivity contribution is 0.242. The molecular weight excluding hydrogens is 515 g/mol. The van der Waals surface area contributed by atoms with Gasteiger partial charge in [-0.15, -0.1) is 24.0 Å². The standard InChI is InChI=1S/C21H28N4O3S.HI/c1-16(2)28-19-9-7-18(8-10-19)24-21(22)23-15-17-5-11-20(12-6-17)29(26,27)25-13-3-4-14-25;/h5-12,16H,3-4,13-15H2,1-2H3,(H3,22,23,24);1H. The van der Waals surface area contributed by atoms with Gasteiger partial charge in [0.15, 0.2) is 5.96 Å². The van der Waals surface area contributed by atoms with Crippen LogP contribution in [0.15, 0.2) is 58.4 Å². The number of nitrogens with one attached hydrogen (secondary N) is 1. The number of ether oxygens (including phenoxy) is 1. The number of nitrogens with two attached hydrogens (primary N) is 1. The van der Waals surface area contributed by atoms with E-state index in [1.807, 2.05) is 38.1 Å². The smallest absolute Gasteiger partial charge is 0.243 e. The Morgan fingerprint density at radius 3 is 2.27 bits per heavy atom. The molecule has 1 saturated heterocycles. The molecular formula is C21H29IN4O3S. The molecule has 30 heavy (non-hydrogen) atoms. The van der Waals surface area contributed by atoms with Crippen LogP contribution in [0.5, 0.6) is 5.75 Å². The molecule has 2 aromatic rings. The quantitative estimate of drug-likeness (QED) is 0.314. The minimum Gasteiger partial charge on any atom is -0.491 e. The number of sulfonamides is 1. The van der Waals surface area contributed by atoms with E-state index < -0.39 is 10.0 Å². The topological polar surface area (TPSA) is 97.0 Å². The summed E-state index contributed by atoms with van der Waals surface area (Å²) in [4.78, 5) is 4.64. The van der Waals surface area contributed by atoms with Gasteiger partial charge in [0.1, 0.15) is 5.75 Å². The third-order valence-electron chi connectivity index (χ3n) is 4.56. The fraction of sp³-hybridized carbons (Fsp3) is 0.381. The van der Waals surface area contributed by atoms with Crippen molar-refractivity contribution >= 4 is 45.6 Å². The van der Waals surface area contributed by atoms with Crippen molar-refractivity contribution in [3.8, 4) is 5.75 Å². The Bertz CT molecular complexity index is 939. The van der Waals surface area contributed by atoms with Gasteiger partial charge in [0, 0.05) is 18.8 Å². The fourth-order valence-electron chi connectivity index (χ4n) is 3.10. The summed E-state index contributed by atoms with van der Waals surface area (Å²) in [5.41, 5.74) is 7.66. The largest absolute Gasteiger partial charge is 0.491 e. The number of anilines is 1. The Morgan fingerprint density at radius 2 is 1.70 bits per heavy atom. The Hall–Kier alpha value is -1.85. The van der Waals surface area contributed by atoms with Gasteiger partial charge in [-0.05, 0) is 68.7 Å². The van der Waals surface area contributed by atoms with Gasteiger partial charge in [0.05, 0.1) is 17.5 Å². The summed E-state index contributed by atoms with van der Waals surface area (Å²) < 4.78 is 32.3. The molecule has 0 radical (unpaired) electrons. The van der Waals surface area contributed by atoms with Crippen molar-refractivity contribution < 1.29 is 13.2 Å². The third kappa shape index (κ3) is 6.58. The molecule has 0 aliphatic carbocycles. The van der Waals surface area contributed by atoms with Crippen LogP contribution < -0.4 is 15.8 Å². The van der Waals surface area contributed by atoms with Crippen molar-refractivity contribution in [1.82, 2.24) is 4.31 Å². The Labute approximate surface area is 195 Å². The van der Waals surface area contributed by atoms with E-state index in [2.05, 4.69) is 10.3 Å². The molecule has 9 heteroatoms. The van der Waals surface area contributed by atoms with Crippen LogP contribution in [0.3, 0.4) is 0 Å². The Morgan fingerprint density at radius 1 is 1.10 bits per heavy atom. The van der Waals surface area contributed by atoms with Crippen molar-refractivity contribution in [2.45, 2.75) is 44.2 Å². The minimum absolute atomic E-state index is 0. The summed E-state index contributed by atoms with van der Waals surface area (Å²) in [5, 5.41) is 3.04. The molecule has 0 unspecified atom stereocenters. The van der Waals surface area contributed by atoms with Gasteiger partial charge in [-0.25, -0.2) is 13.4 Å². The van der Waals surface area contributed by atoms with Crippen molar-refractivity contribution in [1.29, 1.82) is 0 Å². The lowest BCUT2D eigenvalue weighted by Gasteiger charge is -2.15. The summed E-state index contributed by atoms with van der Waals surface area (Å²) in [6.45, 7) is 5.51. The first kappa shape index (κ1) is 24.4. The molecule has 0 bridgehead atoms. The number of aliphatic imine (C=N–C) groups is 1. The molecule has 1 heterocycles. The first-order chi connectivity index (χ1) is 13.8. The second kappa shape index (κ2) is 11.0. The Kier molecular flexibility index (Phi) is 8.92. The van der Waals surface area contributed by atoms with Gasteiger partial charge in [0.25, 0.3) is 0 Å². The Balaban J connectivity index is 0.00000320. The second-order valence-electron chi connectivity index (χ2n) is 7.27. The van der Waals surface area contributed by atoms with Crippen molar-refractivity contribution in [3.63, 3.8) is 0 Å². The lowest BCUT2D eigenvalue weighted by Crippen LogP contribution is -2.27. The number of hydrogen-bond acceptors (Lipinski definition) is 4. The number of rotatable bonds is 7. The van der Waals surface area contributed by atoms with Crippen molar-refractivity contribution in [3.05, 3.63) is 54.1 Å². The van der Waals surface area contributed by atoms with E-state index in [1.165, 1.54) is 0 Å². The molecule has 1 fully saturated rings. The van der Waals surface area contributed by atoms with Gasteiger partial charge in [-0.2, -0.15) is 4.31 Å². The molecule has 7 nitrogen and oxygen atoms in total. The molecule has 0 atom stereocenters. The predicted molar refractivity (Wildman–Crippen MR) is 131 cm³/mol. The fourth-order valence-corrected chi connectivity index (χ4v) is 4.61. The number of hydrogen-bond donors (Lipinski definition) is 2. The van der Waals surface area contributed by atoms with E-state index in [4.69, 9.17) is 10.5 Å². The molecule has 3 N–H and O–H groups in total. The zero-order chi connectivity index (χ0) is 20.9. The van der Waals surface area contributed by atoms with Crippen molar-refractivity contribution in [2.24, 2.45) is 10.7 Å². The molecule has 164 valence electrons. The van der Waals surface area contributed by atoms with Gasteiger partial charge in [-0.1, -0.05) is 12.1 Å². The molecule has 3 rings (SSSR count). The molecule has 1 aliphatic rings. The van der Waals surface area contributed by atoms with E-state index >= 15 is 0 Å². The highest BCUT2D eigenvalue weighted by Crippen LogP contribution is 2.21. The van der Waals surface area contributed by atoms with Crippen LogP contribution in [0.1, 0.15) is 32.3 Å². The number of halogens is 1. The maximum absolute atomic E-state index is 12.6. The average molecular weight is 544 g/mol.